The van der Waals surface area contributed by atoms with E-state index >= 15 is 0 Å². The third-order valence-electron chi connectivity index (χ3n) is 3.59. The molecular formula is C15H19N5O3. The molecule has 1 amide bonds. The maximum Gasteiger partial charge on any atom is 0.307 e. The highest BCUT2D eigenvalue weighted by atomic mass is 16.6. The van der Waals surface area contributed by atoms with Crippen molar-refractivity contribution in [1.82, 2.24) is 15.1 Å². The zero-order chi connectivity index (χ0) is 17.0. The van der Waals surface area contributed by atoms with Crippen molar-refractivity contribution in [2.24, 2.45) is 0 Å². The number of nitrogens with two attached hydrogens (primary N) is 1. The predicted molar refractivity (Wildman–Crippen MR) is 85.8 cm³/mol. The summed E-state index contributed by atoms with van der Waals surface area (Å²) in [7, 11) is 0. The molecule has 122 valence electrons. The van der Waals surface area contributed by atoms with Crippen molar-refractivity contribution in [3.05, 3.63) is 52.3 Å². The molecule has 0 saturated heterocycles. The quantitative estimate of drug-likeness (QED) is 0.475. The molecule has 0 spiro atoms. The molecule has 0 fully saturated rings. The average molecular weight is 317 g/mol. The molecule has 2 rings (SSSR count). The number of rotatable bonds is 6. The first-order chi connectivity index (χ1) is 10.8. The Kier molecular flexibility index (Phi) is 4.63. The number of amides is 1. The summed E-state index contributed by atoms with van der Waals surface area (Å²) in [5, 5.41) is 17.4. The molecule has 23 heavy (non-hydrogen) atoms. The maximum absolute atomic E-state index is 12.3. The van der Waals surface area contributed by atoms with Gasteiger partial charge in [0.05, 0.1) is 4.92 Å². The number of nitrogens with zero attached hydrogens (tertiary/aromatic N) is 3. The van der Waals surface area contributed by atoms with Crippen LogP contribution >= 0.6 is 0 Å². The van der Waals surface area contributed by atoms with Crippen LogP contribution in [0.15, 0.2) is 36.7 Å². The van der Waals surface area contributed by atoms with Gasteiger partial charge in [-0.3, -0.25) is 19.6 Å². The SMILES string of the molecule is CC(C)(C(=O)NCCc1ccc(N)cc1)n1cc([N+](=O)[O-])cn1. The summed E-state index contributed by atoms with van der Waals surface area (Å²) in [5.41, 5.74) is 6.21. The number of nitrogen functional groups attached to an aromatic ring is 1. The summed E-state index contributed by atoms with van der Waals surface area (Å²) < 4.78 is 1.30. The van der Waals surface area contributed by atoms with E-state index in [1.54, 1.807) is 13.8 Å². The Morgan fingerprint density at radius 1 is 1.39 bits per heavy atom. The fourth-order valence-electron chi connectivity index (χ4n) is 2.04. The lowest BCUT2D eigenvalue weighted by atomic mass is 10.0. The van der Waals surface area contributed by atoms with Crippen molar-refractivity contribution in [2.75, 3.05) is 12.3 Å². The number of anilines is 1. The van der Waals surface area contributed by atoms with E-state index in [0.717, 1.165) is 11.8 Å². The first-order valence-electron chi connectivity index (χ1n) is 7.13. The Balaban J connectivity index is 1.95. The van der Waals surface area contributed by atoms with Gasteiger partial charge in [0.1, 0.15) is 17.9 Å². The fraction of sp³-hybridized carbons (Fsp3) is 0.333. The molecule has 0 aliphatic heterocycles. The number of aromatic nitrogens is 2. The van der Waals surface area contributed by atoms with E-state index < -0.39 is 10.5 Å². The van der Waals surface area contributed by atoms with Crippen molar-refractivity contribution < 1.29 is 9.72 Å². The van der Waals surface area contributed by atoms with Gasteiger partial charge in [-0.2, -0.15) is 5.10 Å². The Morgan fingerprint density at radius 2 is 2.04 bits per heavy atom. The van der Waals surface area contributed by atoms with Gasteiger partial charge in [0, 0.05) is 12.2 Å². The fourth-order valence-corrected chi connectivity index (χ4v) is 2.04. The Morgan fingerprint density at radius 3 is 2.61 bits per heavy atom. The Labute approximate surface area is 133 Å². The smallest absolute Gasteiger partial charge is 0.307 e. The highest BCUT2D eigenvalue weighted by molar-refractivity contribution is 5.83. The number of hydrogen-bond acceptors (Lipinski definition) is 5. The Bertz CT molecular complexity index is 706. The van der Waals surface area contributed by atoms with Gasteiger partial charge in [-0.1, -0.05) is 12.1 Å². The predicted octanol–water partition coefficient (Wildman–Crippen LogP) is 1.47. The minimum absolute atomic E-state index is 0.146. The van der Waals surface area contributed by atoms with Crippen LogP contribution in [-0.4, -0.2) is 27.2 Å². The molecule has 2 aromatic rings. The van der Waals surface area contributed by atoms with Crippen LogP contribution in [0.5, 0.6) is 0 Å². The monoisotopic (exact) mass is 317 g/mol. The van der Waals surface area contributed by atoms with E-state index in [2.05, 4.69) is 10.4 Å². The zero-order valence-electron chi connectivity index (χ0n) is 13.0. The molecular weight excluding hydrogens is 298 g/mol. The van der Waals surface area contributed by atoms with E-state index in [4.69, 9.17) is 5.73 Å². The third kappa shape index (κ3) is 3.85. The summed E-state index contributed by atoms with van der Waals surface area (Å²) in [4.78, 5) is 22.5. The average Bonchev–Trinajstić information content (AvgIpc) is 3.00. The number of nitro groups is 1. The molecule has 1 heterocycles. The van der Waals surface area contributed by atoms with E-state index in [0.29, 0.717) is 18.7 Å². The van der Waals surface area contributed by atoms with Crippen LogP contribution < -0.4 is 11.1 Å². The van der Waals surface area contributed by atoms with E-state index in [-0.39, 0.29) is 11.6 Å². The van der Waals surface area contributed by atoms with Gasteiger partial charge in [0.15, 0.2) is 0 Å². The second-order valence-corrected chi connectivity index (χ2v) is 5.71. The lowest BCUT2D eigenvalue weighted by Gasteiger charge is -2.23. The minimum atomic E-state index is -1.02. The van der Waals surface area contributed by atoms with Crippen LogP contribution in [0.4, 0.5) is 11.4 Å². The number of hydrogen-bond donors (Lipinski definition) is 2. The topological polar surface area (TPSA) is 116 Å². The van der Waals surface area contributed by atoms with Gasteiger partial charge in [-0.25, -0.2) is 0 Å². The lowest BCUT2D eigenvalue weighted by Crippen LogP contribution is -2.45. The lowest BCUT2D eigenvalue weighted by molar-refractivity contribution is -0.385. The number of carbonyl (C=O) groups is 1. The number of carbonyl (C=O) groups excluding carboxylic acids is 1. The number of benzene rings is 1. The first kappa shape index (κ1) is 16.5. The van der Waals surface area contributed by atoms with Crippen molar-refractivity contribution in [2.45, 2.75) is 25.8 Å². The minimum Gasteiger partial charge on any atom is -0.399 e. The number of nitrogens with one attached hydrogen (secondary N) is 1. The maximum atomic E-state index is 12.3. The van der Waals surface area contributed by atoms with Crippen LogP contribution in [0.3, 0.4) is 0 Å². The summed E-state index contributed by atoms with van der Waals surface area (Å²) in [6, 6.07) is 7.43. The molecule has 0 aliphatic rings. The normalized spacial score (nSPS) is 11.2. The van der Waals surface area contributed by atoms with E-state index in [1.807, 2.05) is 24.3 Å². The second-order valence-electron chi connectivity index (χ2n) is 5.71. The summed E-state index contributed by atoms with van der Waals surface area (Å²) >= 11 is 0. The molecule has 0 radical (unpaired) electrons. The third-order valence-corrected chi connectivity index (χ3v) is 3.59. The molecule has 1 aromatic carbocycles. The molecule has 0 aliphatic carbocycles. The molecule has 0 saturated carbocycles. The van der Waals surface area contributed by atoms with Gasteiger partial charge < -0.3 is 11.1 Å². The van der Waals surface area contributed by atoms with Crippen molar-refractivity contribution in [3.8, 4) is 0 Å². The van der Waals surface area contributed by atoms with Crippen LogP contribution in [0.1, 0.15) is 19.4 Å². The molecule has 8 nitrogen and oxygen atoms in total. The second kappa shape index (κ2) is 6.47. The molecule has 0 bridgehead atoms. The van der Waals surface area contributed by atoms with Crippen molar-refractivity contribution in [1.29, 1.82) is 0 Å². The molecule has 1 aromatic heterocycles. The molecule has 3 N–H and O–H groups in total. The molecule has 0 unspecified atom stereocenters. The van der Waals surface area contributed by atoms with Gasteiger partial charge >= 0.3 is 5.69 Å². The standard InChI is InChI=1S/C15H19N5O3/c1-15(2,19-10-13(9-18-19)20(22)23)14(21)17-8-7-11-3-5-12(16)6-4-11/h3-6,9-10H,7-8,16H2,1-2H3,(H,17,21). The van der Waals surface area contributed by atoms with Crippen molar-refractivity contribution in [3.63, 3.8) is 0 Å². The highest BCUT2D eigenvalue weighted by Crippen LogP contribution is 2.18. The van der Waals surface area contributed by atoms with E-state index in [9.17, 15) is 14.9 Å². The van der Waals surface area contributed by atoms with Crippen LogP contribution in [0.2, 0.25) is 0 Å². The van der Waals surface area contributed by atoms with E-state index in [1.165, 1.54) is 10.9 Å². The zero-order valence-corrected chi connectivity index (χ0v) is 13.0. The van der Waals surface area contributed by atoms with Crippen molar-refractivity contribution >= 4 is 17.3 Å². The first-order valence-corrected chi connectivity index (χ1v) is 7.13. The van der Waals surface area contributed by atoms with Gasteiger partial charge in [-0.05, 0) is 38.0 Å². The van der Waals surface area contributed by atoms with Crippen LogP contribution in [0.25, 0.3) is 0 Å². The Hall–Kier alpha value is -2.90. The highest BCUT2D eigenvalue weighted by Gasteiger charge is 2.31. The summed E-state index contributed by atoms with van der Waals surface area (Å²) in [6.45, 7) is 3.76. The molecule has 8 heteroatoms. The summed E-state index contributed by atoms with van der Waals surface area (Å²) in [6.07, 6.45) is 3.05. The van der Waals surface area contributed by atoms with Crippen LogP contribution in [0, 0.1) is 10.1 Å². The summed E-state index contributed by atoms with van der Waals surface area (Å²) in [5.74, 6) is -0.258. The van der Waals surface area contributed by atoms with Crippen LogP contribution in [-0.2, 0) is 16.8 Å². The molecule has 0 atom stereocenters. The van der Waals surface area contributed by atoms with Gasteiger partial charge in [0.2, 0.25) is 5.91 Å². The van der Waals surface area contributed by atoms with Gasteiger partial charge in [-0.15, -0.1) is 0 Å². The van der Waals surface area contributed by atoms with Gasteiger partial charge in [0.25, 0.3) is 0 Å². The largest absolute Gasteiger partial charge is 0.399 e.